The summed E-state index contributed by atoms with van der Waals surface area (Å²) in [7, 11) is 0. The van der Waals surface area contributed by atoms with Gasteiger partial charge in [0.1, 0.15) is 5.54 Å². The Morgan fingerprint density at radius 2 is 2.13 bits per heavy atom. The topological polar surface area (TPSA) is 29.1 Å². The van der Waals surface area contributed by atoms with E-state index in [2.05, 4.69) is 5.32 Å². The standard InChI is InChI=1S/C13H17NO/c1-14-13(10-6-5-9-12(13)15)11-7-3-2-4-8-11/h2-4,7-8,14H,5-6,9-10H2,1H3/t13-/m0/s1/i1D3. The Hall–Kier alpha value is -1.15. The lowest BCUT2D eigenvalue weighted by atomic mass is 9.76. The molecule has 1 fully saturated rings. The first-order valence-electron chi connectivity index (χ1n) is 6.82. The average molecular weight is 206 g/mol. The summed E-state index contributed by atoms with van der Waals surface area (Å²) in [5, 5.41) is 2.59. The van der Waals surface area contributed by atoms with Crippen molar-refractivity contribution in [3.05, 3.63) is 35.9 Å². The number of benzene rings is 1. The second-order valence-electron chi connectivity index (χ2n) is 4.03. The SMILES string of the molecule is [2H]C([2H])([2H])N[C@]1(c2ccccc2)CCCCC1=O. The number of rotatable bonds is 2. The molecule has 0 spiro atoms. The van der Waals surface area contributed by atoms with Gasteiger partial charge < -0.3 is 5.32 Å². The van der Waals surface area contributed by atoms with Crippen LogP contribution < -0.4 is 5.32 Å². The molecule has 1 aliphatic carbocycles. The number of carbonyl (C=O) groups is 1. The Kier molecular flexibility index (Phi) is 1.99. The summed E-state index contributed by atoms with van der Waals surface area (Å²) < 4.78 is 22.2. The van der Waals surface area contributed by atoms with Crippen LogP contribution >= 0.6 is 0 Å². The zero-order chi connectivity index (χ0) is 13.2. The van der Waals surface area contributed by atoms with Crippen molar-refractivity contribution in [2.24, 2.45) is 0 Å². The normalized spacial score (nSPS) is 30.4. The van der Waals surface area contributed by atoms with Crippen LogP contribution in [-0.2, 0) is 10.3 Å². The highest BCUT2D eigenvalue weighted by atomic mass is 16.1. The quantitative estimate of drug-likeness (QED) is 0.804. The summed E-state index contributed by atoms with van der Waals surface area (Å²) in [6, 6.07) is 9.17. The molecule has 2 heteroatoms. The minimum absolute atomic E-state index is 0.0175. The number of carbonyl (C=O) groups excluding carboxylic acids is 1. The Labute approximate surface area is 94.9 Å². The number of hydrogen-bond acceptors (Lipinski definition) is 2. The van der Waals surface area contributed by atoms with E-state index in [1.165, 1.54) is 0 Å². The van der Waals surface area contributed by atoms with E-state index < -0.39 is 12.5 Å². The molecule has 1 aromatic rings. The van der Waals surface area contributed by atoms with Gasteiger partial charge in [0.25, 0.3) is 0 Å². The number of hydrogen-bond donors (Lipinski definition) is 1. The monoisotopic (exact) mass is 206 g/mol. The Morgan fingerprint density at radius 1 is 1.33 bits per heavy atom. The van der Waals surface area contributed by atoms with Gasteiger partial charge in [-0.2, -0.15) is 0 Å². The van der Waals surface area contributed by atoms with Crippen LogP contribution in [0.1, 0.15) is 35.4 Å². The van der Waals surface area contributed by atoms with Gasteiger partial charge in [-0.25, -0.2) is 0 Å². The first kappa shape index (κ1) is 7.18. The Balaban J connectivity index is 2.42. The zero-order valence-corrected chi connectivity index (χ0v) is 8.62. The third-order valence-corrected chi connectivity index (χ3v) is 3.16. The van der Waals surface area contributed by atoms with Crippen LogP contribution in [0.3, 0.4) is 0 Å². The van der Waals surface area contributed by atoms with Gasteiger partial charge in [-0.1, -0.05) is 36.8 Å². The van der Waals surface area contributed by atoms with Crippen LogP contribution in [0.5, 0.6) is 0 Å². The van der Waals surface area contributed by atoms with Crippen LogP contribution in [0.25, 0.3) is 0 Å². The van der Waals surface area contributed by atoms with E-state index in [-0.39, 0.29) is 5.78 Å². The maximum atomic E-state index is 12.3. The maximum absolute atomic E-state index is 12.3. The van der Waals surface area contributed by atoms with Crippen LogP contribution in [0.2, 0.25) is 0 Å². The molecule has 80 valence electrons. The second kappa shape index (κ2) is 4.15. The summed E-state index contributed by atoms with van der Waals surface area (Å²) in [5.41, 5.74) is -0.282. The van der Waals surface area contributed by atoms with Crippen molar-refractivity contribution >= 4 is 5.78 Å². The molecule has 2 rings (SSSR count). The van der Waals surface area contributed by atoms with Crippen molar-refractivity contribution in [3.63, 3.8) is 0 Å². The summed E-state index contributed by atoms with van der Waals surface area (Å²) in [6.07, 6.45) is 2.70. The van der Waals surface area contributed by atoms with E-state index >= 15 is 0 Å². The second-order valence-corrected chi connectivity index (χ2v) is 4.03. The molecule has 0 radical (unpaired) electrons. The van der Waals surface area contributed by atoms with Gasteiger partial charge in [0.05, 0.1) is 0 Å². The van der Waals surface area contributed by atoms with Gasteiger partial charge in [0.2, 0.25) is 0 Å². The summed E-state index contributed by atoms with van der Waals surface area (Å²) >= 11 is 0. The molecular weight excluding hydrogens is 186 g/mol. The summed E-state index contributed by atoms with van der Waals surface area (Å²) in [4.78, 5) is 12.3. The van der Waals surface area contributed by atoms with Gasteiger partial charge in [-0.3, -0.25) is 4.79 Å². The zero-order valence-electron chi connectivity index (χ0n) is 11.6. The molecule has 1 aromatic carbocycles. The lowest BCUT2D eigenvalue weighted by molar-refractivity contribution is -0.127. The smallest absolute Gasteiger partial charge is 0.157 e. The number of ketones is 1. The molecule has 1 aliphatic rings. The van der Waals surface area contributed by atoms with E-state index in [1.807, 2.05) is 30.3 Å². The van der Waals surface area contributed by atoms with Crippen LogP contribution in [-0.4, -0.2) is 12.8 Å². The largest absolute Gasteiger partial charge is 0.304 e. The Morgan fingerprint density at radius 3 is 2.80 bits per heavy atom. The first-order chi connectivity index (χ1) is 8.44. The highest BCUT2D eigenvalue weighted by Gasteiger charge is 2.39. The first-order valence-corrected chi connectivity index (χ1v) is 5.32. The highest BCUT2D eigenvalue weighted by molar-refractivity contribution is 5.90. The minimum atomic E-state index is -2.32. The molecule has 0 saturated heterocycles. The molecule has 2 nitrogen and oxygen atoms in total. The van der Waals surface area contributed by atoms with Crippen molar-refractivity contribution in [1.29, 1.82) is 0 Å². The maximum Gasteiger partial charge on any atom is 0.157 e. The van der Waals surface area contributed by atoms with Crippen molar-refractivity contribution in [3.8, 4) is 0 Å². The van der Waals surface area contributed by atoms with Gasteiger partial charge in [-0.15, -0.1) is 0 Å². The van der Waals surface area contributed by atoms with E-state index in [1.54, 1.807) is 0 Å². The Bertz CT molecular complexity index is 430. The predicted octanol–water partition coefficient (Wildman–Crippen LogP) is 2.24. The average Bonchev–Trinajstić information content (AvgIpc) is 2.32. The van der Waals surface area contributed by atoms with Gasteiger partial charge >= 0.3 is 0 Å². The fourth-order valence-electron chi connectivity index (χ4n) is 2.26. The molecule has 1 atom stereocenters. The van der Waals surface area contributed by atoms with Crippen LogP contribution in [0.4, 0.5) is 0 Å². The third kappa shape index (κ3) is 1.70. The van der Waals surface area contributed by atoms with Crippen molar-refractivity contribution < 1.29 is 8.91 Å². The molecular formula is C13H17NO. The van der Waals surface area contributed by atoms with Crippen LogP contribution in [0.15, 0.2) is 30.3 Å². The highest BCUT2D eigenvalue weighted by Crippen LogP contribution is 2.33. The third-order valence-electron chi connectivity index (χ3n) is 3.16. The molecule has 0 amide bonds. The molecule has 0 bridgehead atoms. The van der Waals surface area contributed by atoms with E-state index in [0.717, 1.165) is 18.4 Å². The molecule has 0 aromatic heterocycles. The van der Waals surface area contributed by atoms with E-state index in [0.29, 0.717) is 12.8 Å². The summed E-state index contributed by atoms with van der Waals surface area (Å²) in [6.45, 7) is -2.32. The fourth-order valence-corrected chi connectivity index (χ4v) is 2.26. The van der Waals surface area contributed by atoms with E-state index in [4.69, 9.17) is 4.11 Å². The van der Waals surface area contributed by atoms with Crippen molar-refractivity contribution in [1.82, 2.24) is 5.32 Å². The van der Waals surface area contributed by atoms with Gasteiger partial charge in [0.15, 0.2) is 5.78 Å². The molecule has 0 unspecified atom stereocenters. The molecule has 1 saturated carbocycles. The number of nitrogens with one attached hydrogen (secondary N) is 1. The van der Waals surface area contributed by atoms with Crippen LogP contribution in [0, 0.1) is 0 Å². The summed E-state index contributed by atoms with van der Waals surface area (Å²) in [5.74, 6) is -0.0175. The molecule has 0 heterocycles. The number of Topliss-reactive ketones (excluding diaryl/α,β-unsaturated/α-hetero) is 1. The lowest BCUT2D eigenvalue weighted by Crippen LogP contribution is -2.49. The van der Waals surface area contributed by atoms with E-state index in [9.17, 15) is 4.79 Å². The molecule has 1 N–H and O–H groups in total. The van der Waals surface area contributed by atoms with Gasteiger partial charge in [0, 0.05) is 10.5 Å². The molecule has 15 heavy (non-hydrogen) atoms. The van der Waals surface area contributed by atoms with Crippen molar-refractivity contribution in [2.75, 3.05) is 6.98 Å². The minimum Gasteiger partial charge on any atom is -0.304 e. The van der Waals surface area contributed by atoms with Gasteiger partial charge in [-0.05, 0) is 25.4 Å². The van der Waals surface area contributed by atoms with Crippen molar-refractivity contribution in [2.45, 2.75) is 31.2 Å². The lowest BCUT2D eigenvalue weighted by Gasteiger charge is -2.36. The number of likely N-dealkylation sites (N-methyl/N-ethyl adjacent to an activating group) is 1. The predicted molar refractivity (Wildman–Crippen MR) is 60.7 cm³/mol. The fraction of sp³-hybridized carbons (Fsp3) is 0.462. The molecule has 0 aliphatic heterocycles.